The van der Waals surface area contributed by atoms with Gasteiger partial charge in [-0.15, -0.1) is 11.8 Å². The van der Waals surface area contributed by atoms with Crippen LogP contribution in [0.2, 0.25) is 5.02 Å². The molecule has 2 saturated heterocycles. The standard InChI is InChI=1S/C31H28ClN3O6S2/c32-16-3-5-17(6-4-16)35-29(37)24-19-13-20(25(24)30(35)38)26-23(19)22(27-28(42-26)33-31(39)43-27)15-1-7-18(8-2-15)41-14-21(36)34-9-11-40-12-10-34/h1-8,19-20,22-26H,9-14H2,(H,33,39)/t19?,20?,22-,23?,24?,25?,26?/m1/s1. The van der Waals surface area contributed by atoms with Gasteiger partial charge in [-0.05, 0) is 66.1 Å². The van der Waals surface area contributed by atoms with Gasteiger partial charge in [-0.2, -0.15) is 0 Å². The Labute approximate surface area is 260 Å². The van der Waals surface area contributed by atoms with E-state index in [0.717, 1.165) is 21.9 Å². The van der Waals surface area contributed by atoms with Gasteiger partial charge in [-0.3, -0.25) is 24.1 Å². The summed E-state index contributed by atoms with van der Waals surface area (Å²) in [7, 11) is 0. The van der Waals surface area contributed by atoms with Crippen LogP contribution in [0.3, 0.4) is 0 Å². The van der Waals surface area contributed by atoms with Crippen molar-refractivity contribution < 1.29 is 23.9 Å². The number of anilines is 1. The molecule has 43 heavy (non-hydrogen) atoms. The number of benzene rings is 2. The van der Waals surface area contributed by atoms with Gasteiger partial charge in [-0.1, -0.05) is 35.1 Å². The summed E-state index contributed by atoms with van der Waals surface area (Å²) >= 11 is 8.97. The summed E-state index contributed by atoms with van der Waals surface area (Å²) in [5.41, 5.74) is 1.60. The molecule has 2 aromatic carbocycles. The number of carbonyl (C=O) groups excluding carboxylic acids is 3. The number of hydrogen-bond acceptors (Lipinski definition) is 8. The highest BCUT2D eigenvalue weighted by atomic mass is 35.5. The summed E-state index contributed by atoms with van der Waals surface area (Å²) in [5, 5.41) is 1.53. The lowest BCUT2D eigenvalue weighted by Crippen LogP contribution is -2.43. The molecule has 5 aliphatic rings. The molecule has 3 aliphatic heterocycles. The van der Waals surface area contributed by atoms with Gasteiger partial charge >= 0.3 is 4.87 Å². The van der Waals surface area contributed by atoms with Crippen molar-refractivity contribution in [1.82, 2.24) is 9.88 Å². The molecule has 0 radical (unpaired) electrons. The summed E-state index contributed by atoms with van der Waals surface area (Å²) in [4.78, 5) is 59.8. The van der Waals surface area contributed by atoms with Gasteiger partial charge in [-0.25, -0.2) is 0 Å². The molecule has 1 N–H and O–H groups in total. The third-order valence-electron chi connectivity index (χ3n) is 9.77. The van der Waals surface area contributed by atoms with Gasteiger partial charge in [0.1, 0.15) is 5.75 Å². The van der Waals surface area contributed by atoms with E-state index in [-0.39, 0.29) is 70.0 Å². The van der Waals surface area contributed by atoms with E-state index in [1.807, 2.05) is 24.3 Å². The number of imide groups is 1. The predicted octanol–water partition coefficient (Wildman–Crippen LogP) is 4.01. The topological polar surface area (TPSA) is 109 Å². The van der Waals surface area contributed by atoms with Crippen LogP contribution in [0, 0.1) is 29.6 Å². The van der Waals surface area contributed by atoms with Crippen molar-refractivity contribution in [2.45, 2.75) is 22.6 Å². The second-order valence-electron chi connectivity index (χ2n) is 11.8. The quantitative estimate of drug-likeness (QED) is 0.421. The average molecular weight is 638 g/mol. The third-order valence-corrected chi connectivity index (χ3v) is 12.6. The molecule has 8 rings (SSSR count). The zero-order chi connectivity index (χ0) is 29.4. The minimum absolute atomic E-state index is 0.0265. The van der Waals surface area contributed by atoms with Crippen LogP contribution in [0.15, 0.2) is 58.4 Å². The maximum Gasteiger partial charge on any atom is 0.305 e. The van der Waals surface area contributed by atoms with Gasteiger partial charge in [0, 0.05) is 34.2 Å². The number of morpholine rings is 1. The molecule has 6 unspecified atom stereocenters. The number of fused-ring (bicyclic) bond motifs is 9. The number of nitrogens with zero attached hydrogens (tertiary/aromatic N) is 2. The van der Waals surface area contributed by atoms with Crippen LogP contribution in [0.25, 0.3) is 0 Å². The Morgan fingerprint density at radius 2 is 1.67 bits per heavy atom. The molecule has 2 aliphatic carbocycles. The van der Waals surface area contributed by atoms with Crippen LogP contribution in [0.5, 0.6) is 5.75 Å². The van der Waals surface area contributed by atoms with E-state index in [2.05, 4.69) is 4.98 Å². The van der Waals surface area contributed by atoms with Crippen LogP contribution in [-0.2, 0) is 19.1 Å². The molecule has 222 valence electrons. The fourth-order valence-corrected chi connectivity index (χ4v) is 11.1. The van der Waals surface area contributed by atoms with Gasteiger partial charge in [0.2, 0.25) is 11.8 Å². The Balaban J connectivity index is 1.08. The number of hydrogen-bond donors (Lipinski definition) is 1. The number of aromatic amines is 1. The second-order valence-corrected chi connectivity index (χ2v) is 14.4. The number of thioether (sulfide) groups is 1. The lowest BCUT2D eigenvalue weighted by Gasteiger charge is -2.43. The van der Waals surface area contributed by atoms with Crippen molar-refractivity contribution in [3.05, 3.63) is 73.7 Å². The Hall–Kier alpha value is -3.12. The number of rotatable bonds is 5. The summed E-state index contributed by atoms with van der Waals surface area (Å²) in [6.45, 7) is 2.18. The smallest absolute Gasteiger partial charge is 0.305 e. The molecule has 9 nitrogen and oxygen atoms in total. The van der Waals surface area contributed by atoms with Crippen LogP contribution in [0.1, 0.15) is 22.8 Å². The number of nitrogens with one attached hydrogen (secondary N) is 1. The van der Waals surface area contributed by atoms with Crippen LogP contribution >= 0.6 is 34.7 Å². The first-order valence-electron chi connectivity index (χ1n) is 14.5. The van der Waals surface area contributed by atoms with Crippen LogP contribution in [0.4, 0.5) is 5.69 Å². The van der Waals surface area contributed by atoms with Gasteiger partial charge in [0.05, 0.1) is 35.8 Å². The minimum atomic E-state index is -0.372. The highest BCUT2D eigenvalue weighted by Gasteiger charge is 2.69. The maximum absolute atomic E-state index is 13.9. The molecule has 0 spiro atoms. The zero-order valence-electron chi connectivity index (χ0n) is 22.9. The highest BCUT2D eigenvalue weighted by molar-refractivity contribution is 8.00. The van der Waals surface area contributed by atoms with E-state index in [9.17, 15) is 19.2 Å². The van der Waals surface area contributed by atoms with E-state index in [4.69, 9.17) is 21.1 Å². The number of carbonyl (C=O) groups is 3. The van der Waals surface area contributed by atoms with Crippen molar-refractivity contribution in [2.75, 3.05) is 37.8 Å². The fourth-order valence-electron chi connectivity index (χ4n) is 8.06. The molecular weight excluding hydrogens is 610 g/mol. The molecule has 3 aromatic rings. The van der Waals surface area contributed by atoms with Gasteiger partial charge in [0.25, 0.3) is 5.91 Å². The van der Waals surface area contributed by atoms with E-state index >= 15 is 0 Å². The Morgan fingerprint density at radius 3 is 2.40 bits per heavy atom. The van der Waals surface area contributed by atoms with Crippen LogP contribution < -0.4 is 14.5 Å². The summed E-state index contributed by atoms with van der Waals surface area (Å²) in [6, 6.07) is 14.6. The summed E-state index contributed by atoms with van der Waals surface area (Å²) in [6.07, 6.45) is 0.824. The maximum atomic E-state index is 13.9. The number of H-pyrrole nitrogens is 1. The lowest BCUT2D eigenvalue weighted by molar-refractivity contribution is -0.137. The zero-order valence-corrected chi connectivity index (χ0v) is 25.3. The molecule has 2 saturated carbocycles. The SMILES string of the molecule is O=C(COc1ccc([C@H]2c3sc(=O)[nH]c3SC3C4CC(C5C(=O)N(c6ccc(Cl)cc6)C(=O)C45)C32)cc1)N1CCOCC1. The molecule has 7 atom stereocenters. The Kier molecular flexibility index (Phi) is 6.70. The van der Waals surface area contributed by atoms with E-state index in [0.29, 0.717) is 42.8 Å². The Bertz CT molecular complexity index is 1670. The van der Waals surface area contributed by atoms with Crippen molar-refractivity contribution in [3.63, 3.8) is 0 Å². The van der Waals surface area contributed by atoms with Crippen molar-refractivity contribution in [3.8, 4) is 5.75 Å². The summed E-state index contributed by atoms with van der Waals surface area (Å²) < 4.78 is 11.2. The molecule has 12 heteroatoms. The second kappa shape index (κ2) is 10.5. The predicted molar refractivity (Wildman–Crippen MR) is 162 cm³/mol. The van der Waals surface area contributed by atoms with Crippen molar-refractivity contribution in [2.24, 2.45) is 29.6 Å². The molecule has 4 heterocycles. The number of aromatic nitrogens is 1. The molecule has 4 fully saturated rings. The third kappa shape index (κ3) is 4.38. The van der Waals surface area contributed by atoms with E-state index < -0.39 is 0 Å². The number of halogens is 1. The first kappa shape index (κ1) is 27.4. The Morgan fingerprint density at radius 1 is 0.977 bits per heavy atom. The van der Waals surface area contributed by atoms with Crippen molar-refractivity contribution in [1.29, 1.82) is 0 Å². The monoisotopic (exact) mass is 637 g/mol. The fraction of sp³-hybridized carbons (Fsp3) is 0.419. The van der Waals surface area contributed by atoms with E-state index in [1.54, 1.807) is 40.9 Å². The summed E-state index contributed by atoms with van der Waals surface area (Å²) in [5.74, 6) is -0.363. The largest absolute Gasteiger partial charge is 0.484 e. The molecular formula is C31H28ClN3O6S2. The number of amides is 3. The molecule has 3 amide bonds. The van der Waals surface area contributed by atoms with Crippen molar-refractivity contribution >= 4 is 58.1 Å². The first-order valence-corrected chi connectivity index (χ1v) is 16.6. The number of thiazole rings is 1. The molecule has 1 aromatic heterocycles. The van der Waals surface area contributed by atoms with Gasteiger partial charge < -0.3 is 19.4 Å². The van der Waals surface area contributed by atoms with Crippen LogP contribution in [-0.4, -0.2) is 65.8 Å². The molecule has 2 bridgehead atoms. The first-order chi connectivity index (χ1) is 20.9. The van der Waals surface area contributed by atoms with Gasteiger partial charge in [0.15, 0.2) is 6.61 Å². The average Bonchev–Trinajstić information content (AvgIpc) is 3.76. The normalized spacial score (nSPS) is 30.8. The highest BCUT2D eigenvalue weighted by Crippen LogP contribution is 2.68. The number of ether oxygens (including phenoxy) is 2. The lowest BCUT2D eigenvalue weighted by atomic mass is 9.68. The minimum Gasteiger partial charge on any atom is -0.484 e. The van der Waals surface area contributed by atoms with E-state index in [1.165, 1.54) is 16.2 Å².